The van der Waals surface area contributed by atoms with Crippen LogP contribution in [0.5, 0.6) is 0 Å². The molecule has 17 heteroatoms. The fourth-order valence-electron chi connectivity index (χ4n) is 15.5. The second kappa shape index (κ2) is 41.3. The van der Waals surface area contributed by atoms with Crippen LogP contribution in [-0.2, 0) is 4.79 Å². The third kappa shape index (κ3) is 23.8. The number of ketones is 13. The molecule has 17 nitrogen and oxygen atoms in total. The van der Waals surface area contributed by atoms with Crippen LogP contribution in [0.15, 0.2) is 324 Å². The maximum absolute atomic E-state index is 12.5. The second-order valence-corrected chi connectivity index (χ2v) is 34.4. The molecule has 0 heterocycles. The molecule has 0 bridgehead atoms. The Morgan fingerprint density at radius 1 is 0.292 bits per heavy atom. The standard InChI is InChI=1S/4C18H15NO2.C17H24O.2C12H10O2/c1-11-3-6-13(7-4-11)19-16-10-17(20)15-9-12(2)5-8-14(15)18(16)21;1-11-3-6-13(7-4-11)19-16-10-17(20)14-8-5-12(2)9-15(14)18(16)21;1-11-4-3-5-13(8-11)19-16-10-17(20)15-9-12(2)6-7-14(15)18(16)21;1-11-4-3-5-13(8-11)19-16-10-17(20)14-7-6-12(2)9-15(14)18(16)21;1-12(2)9-13(3)7-8-16-14(4)10-15(18)11-17(16,5)6;1-7-3-4-9-10(5-7)11(13)6-8(2)12(9)14;1-7-3-4-9-10(5-7)12(14)8(2)6-11(9)13/h4*3-10,19H,1-2H3;7-10,16H,1,11H2,2-6H3;2*3-6H,1-2H3/b;;;;8-7+,13-9+;;. The van der Waals surface area contributed by atoms with Crippen molar-refractivity contribution in [1.29, 1.82) is 0 Å². The lowest BCUT2D eigenvalue weighted by molar-refractivity contribution is -0.117. The first-order chi connectivity index (χ1) is 61.6. The third-order valence-electron chi connectivity index (χ3n) is 22.2. The molecule has 0 aliphatic heterocycles. The molecule has 0 radical (unpaired) electrons. The molecule has 10 aromatic carbocycles. The molecule has 1 unspecified atom stereocenters. The van der Waals surface area contributed by atoms with Crippen LogP contribution < -0.4 is 21.3 Å². The van der Waals surface area contributed by atoms with Gasteiger partial charge in [0.2, 0.25) is 23.1 Å². The number of anilines is 4. The Hall–Kier alpha value is -15.5. The van der Waals surface area contributed by atoms with E-state index < -0.39 is 0 Å². The average molecular weight is 1730 g/mol. The zero-order valence-corrected chi connectivity index (χ0v) is 76.2. The SMILES string of the molecule is C=C(C)/C=C(C)/C=C/C1C(C)=CC(=O)CC1(C)C.CC1=CC(=O)c2cc(C)ccc2C1=O.CC1=CC(=O)c2ccc(C)cc2C1=O.Cc1ccc(NC2=CC(=O)c3cc(C)ccc3C2=O)cc1.Cc1ccc(NC2=CC(=O)c3ccc(C)cc3C2=O)cc1.Cc1cccc(NC2=CC(=O)c3cc(C)ccc3C2=O)c1.Cc1cccc(NC2=CC(=O)c3ccc(C)cc3C2=O)c1. The number of allylic oxidation sites excluding steroid dienone is 19. The lowest BCUT2D eigenvalue weighted by Crippen LogP contribution is -2.30. The van der Waals surface area contributed by atoms with Crippen LogP contribution in [-0.4, -0.2) is 75.2 Å². The maximum atomic E-state index is 12.5. The molecule has 0 aromatic heterocycles. The van der Waals surface area contributed by atoms with Gasteiger partial charge in [0.1, 0.15) is 0 Å². The van der Waals surface area contributed by atoms with Crippen molar-refractivity contribution in [3.05, 3.63) is 447 Å². The minimum absolute atomic E-state index is 0.00984. The van der Waals surface area contributed by atoms with Gasteiger partial charge in [0.15, 0.2) is 52.0 Å². The van der Waals surface area contributed by atoms with E-state index in [-0.39, 0.29) is 80.6 Å². The average Bonchev–Trinajstić information content (AvgIpc) is 0.819. The topological polar surface area (TPSA) is 270 Å². The lowest BCUT2D eigenvalue weighted by Gasteiger charge is -2.35. The number of hydrogen-bond acceptors (Lipinski definition) is 17. The molecular formula is C113H104N4O13. The van der Waals surface area contributed by atoms with Crippen LogP contribution in [0, 0.1) is 80.6 Å². The number of Topliss-reactive ketones (excluding diaryl/α,β-unsaturated/α-hetero) is 6. The molecule has 654 valence electrons. The predicted molar refractivity (Wildman–Crippen MR) is 516 cm³/mol. The normalized spacial score (nSPS) is 15.5. The van der Waals surface area contributed by atoms with Gasteiger partial charge in [-0.3, -0.25) is 62.3 Å². The fourth-order valence-corrected chi connectivity index (χ4v) is 15.5. The summed E-state index contributed by atoms with van der Waals surface area (Å²) in [4.78, 5) is 157. The summed E-state index contributed by atoms with van der Waals surface area (Å²) in [5.41, 5.74) is 25.2. The van der Waals surface area contributed by atoms with Crippen molar-refractivity contribution < 1.29 is 62.3 Å². The zero-order chi connectivity index (χ0) is 94.4. The minimum atomic E-state index is -0.148. The van der Waals surface area contributed by atoms with E-state index in [9.17, 15) is 62.3 Å². The number of nitrogens with one attached hydrogen (secondary N) is 4. The van der Waals surface area contributed by atoms with Gasteiger partial charge < -0.3 is 21.3 Å². The molecule has 4 N–H and O–H groups in total. The first-order valence-corrected chi connectivity index (χ1v) is 42.6. The van der Waals surface area contributed by atoms with Crippen molar-refractivity contribution in [2.24, 2.45) is 11.3 Å². The summed E-state index contributed by atoms with van der Waals surface area (Å²) in [5, 5.41) is 12.2. The first-order valence-electron chi connectivity index (χ1n) is 42.6. The second-order valence-electron chi connectivity index (χ2n) is 34.4. The highest BCUT2D eigenvalue weighted by Gasteiger charge is 2.36. The highest BCUT2D eigenvalue weighted by atomic mass is 16.2. The molecule has 7 aliphatic rings. The van der Waals surface area contributed by atoms with E-state index >= 15 is 0 Å². The van der Waals surface area contributed by atoms with E-state index in [0.717, 1.165) is 89.5 Å². The molecule has 10 aromatic rings. The number of rotatable bonds is 11. The van der Waals surface area contributed by atoms with E-state index in [0.29, 0.717) is 113 Å². The highest BCUT2D eigenvalue weighted by molar-refractivity contribution is 6.29. The van der Waals surface area contributed by atoms with Gasteiger partial charge in [0.25, 0.3) is 0 Å². The van der Waals surface area contributed by atoms with E-state index in [1.54, 1.807) is 92.7 Å². The molecule has 0 amide bonds. The quantitative estimate of drug-likeness (QED) is 0.0876. The number of hydrogen-bond donors (Lipinski definition) is 4. The number of aryl methyl sites for hydroxylation is 10. The van der Waals surface area contributed by atoms with Crippen molar-refractivity contribution in [2.75, 3.05) is 21.3 Å². The maximum Gasteiger partial charge on any atom is 0.210 e. The zero-order valence-electron chi connectivity index (χ0n) is 76.2. The Labute approximate surface area is 759 Å². The van der Waals surface area contributed by atoms with Gasteiger partial charge >= 0.3 is 0 Å². The van der Waals surface area contributed by atoms with Crippen molar-refractivity contribution in [2.45, 2.75) is 124 Å². The summed E-state index contributed by atoms with van der Waals surface area (Å²) < 4.78 is 0. The summed E-state index contributed by atoms with van der Waals surface area (Å²) >= 11 is 0. The minimum Gasteiger partial charge on any atom is -0.352 e. The van der Waals surface area contributed by atoms with Gasteiger partial charge in [0.05, 0.1) is 22.8 Å². The molecule has 7 aliphatic carbocycles. The summed E-state index contributed by atoms with van der Waals surface area (Å²) in [6.45, 7) is 37.0. The number of carbonyl (C=O) groups excluding carboxylic acids is 13. The smallest absolute Gasteiger partial charge is 0.210 e. The van der Waals surface area contributed by atoms with Gasteiger partial charge in [-0.25, -0.2) is 0 Å². The van der Waals surface area contributed by atoms with Crippen LogP contribution in [0.25, 0.3) is 0 Å². The van der Waals surface area contributed by atoms with Gasteiger partial charge in [0, 0.05) is 137 Å². The van der Waals surface area contributed by atoms with E-state index in [1.165, 1.54) is 42.0 Å². The molecule has 17 rings (SSSR count). The largest absolute Gasteiger partial charge is 0.352 e. The summed E-state index contributed by atoms with van der Waals surface area (Å²) in [5.74, 6) is -0.772. The lowest BCUT2D eigenvalue weighted by atomic mass is 9.68. The van der Waals surface area contributed by atoms with Gasteiger partial charge in [-0.15, -0.1) is 0 Å². The summed E-state index contributed by atoms with van der Waals surface area (Å²) in [6, 6.07) is 62.7. The molecule has 0 saturated heterocycles. The Kier molecular flexibility index (Phi) is 30.2. The first kappa shape index (κ1) is 95.2. The number of fused-ring (bicyclic) bond motifs is 6. The summed E-state index contributed by atoms with van der Waals surface area (Å²) in [6.07, 6.45) is 17.2. The van der Waals surface area contributed by atoms with Crippen LogP contribution >= 0.6 is 0 Å². The van der Waals surface area contributed by atoms with Crippen LogP contribution in [0.3, 0.4) is 0 Å². The third-order valence-corrected chi connectivity index (χ3v) is 22.2. The highest BCUT2D eigenvalue weighted by Crippen LogP contribution is 2.41. The van der Waals surface area contributed by atoms with Crippen LogP contribution in [0.4, 0.5) is 22.7 Å². The molecule has 0 spiro atoms. The Balaban J connectivity index is 0.000000147. The Morgan fingerprint density at radius 2 is 0.562 bits per heavy atom. The van der Waals surface area contributed by atoms with E-state index in [1.807, 2.05) is 217 Å². The van der Waals surface area contributed by atoms with Gasteiger partial charge in [-0.1, -0.05) is 209 Å². The van der Waals surface area contributed by atoms with Crippen molar-refractivity contribution in [1.82, 2.24) is 0 Å². The van der Waals surface area contributed by atoms with Gasteiger partial charge in [-0.05, 0) is 236 Å². The van der Waals surface area contributed by atoms with Gasteiger partial charge in [-0.2, -0.15) is 0 Å². The Bertz CT molecular complexity index is 6730. The molecule has 130 heavy (non-hydrogen) atoms. The van der Waals surface area contributed by atoms with Crippen molar-refractivity contribution in [3.8, 4) is 0 Å². The fraction of sp³-hybridized carbons (Fsp3) is 0.177. The monoisotopic (exact) mass is 1720 g/mol. The number of carbonyl (C=O) groups is 13. The molecule has 0 fully saturated rings. The van der Waals surface area contributed by atoms with Crippen LogP contribution in [0.1, 0.15) is 235 Å². The molecule has 0 saturated carbocycles. The van der Waals surface area contributed by atoms with Crippen molar-refractivity contribution >= 4 is 97.9 Å². The number of benzene rings is 10. The van der Waals surface area contributed by atoms with E-state index in [2.05, 4.69) is 66.8 Å². The predicted octanol–water partition coefficient (Wildman–Crippen LogP) is 24.0. The van der Waals surface area contributed by atoms with Crippen LogP contribution in [0.2, 0.25) is 0 Å². The van der Waals surface area contributed by atoms with E-state index in [4.69, 9.17) is 0 Å². The molecular weight excluding hydrogens is 1620 g/mol. The Morgan fingerprint density at radius 3 is 0.900 bits per heavy atom. The van der Waals surface area contributed by atoms with Crippen molar-refractivity contribution in [3.63, 3.8) is 0 Å². The summed E-state index contributed by atoms with van der Waals surface area (Å²) in [7, 11) is 0. The molecule has 1 atom stereocenters.